The predicted molar refractivity (Wildman–Crippen MR) is 258 cm³/mol. The first-order valence-corrected chi connectivity index (χ1v) is 24.3. The van der Waals surface area contributed by atoms with Crippen LogP contribution < -0.4 is 32.3 Å². The molecule has 416 valence electrons. The second-order valence-corrected chi connectivity index (χ2v) is 22.6. The Morgan fingerprint density at radius 2 is 1.29 bits per heavy atom. The Balaban J connectivity index is 2.11. The highest BCUT2D eigenvalue weighted by atomic mass is 16.7. The lowest BCUT2D eigenvalue weighted by molar-refractivity contribution is -0.311. The van der Waals surface area contributed by atoms with E-state index in [-0.39, 0.29) is 25.9 Å². The van der Waals surface area contributed by atoms with Crippen LogP contribution in [0.2, 0.25) is 0 Å². The maximum absolute atomic E-state index is 13.8. The first-order valence-electron chi connectivity index (χ1n) is 24.3. The second kappa shape index (κ2) is 25.8. The molecule has 1 unspecified atom stereocenters. The highest BCUT2D eigenvalue weighted by molar-refractivity contribution is 5.82. The fraction of sp³-hybridized carbons (Fsp3) is 0.851. The molecule has 0 bridgehead atoms. The Hall–Kier alpha value is -4.31. The molecule has 0 aromatic heterocycles. The van der Waals surface area contributed by atoms with Gasteiger partial charge in [0.15, 0.2) is 6.29 Å². The van der Waals surface area contributed by atoms with Gasteiger partial charge in [0, 0.05) is 13.6 Å². The number of hydrogen-bond acceptors (Lipinski definition) is 20. The van der Waals surface area contributed by atoms with Gasteiger partial charge in [0.2, 0.25) is 6.29 Å². The number of carbonyl (C=O) groups is 5. The van der Waals surface area contributed by atoms with Gasteiger partial charge in [-0.1, -0.05) is 0 Å². The summed E-state index contributed by atoms with van der Waals surface area (Å²) in [7, 11) is 1.30. The molecule has 1 saturated carbocycles. The van der Waals surface area contributed by atoms with Gasteiger partial charge in [-0.3, -0.25) is 4.79 Å². The Labute approximate surface area is 422 Å². The lowest BCUT2D eigenvalue weighted by Crippen LogP contribution is -2.71. The molecule has 72 heavy (non-hydrogen) atoms. The molecule has 5 amide bonds. The molecule has 0 aromatic carbocycles. The van der Waals surface area contributed by atoms with Crippen LogP contribution in [0.5, 0.6) is 0 Å². The second-order valence-electron chi connectivity index (χ2n) is 22.6. The summed E-state index contributed by atoms with van der Waals surface area (Å²) >= 11 is 0. The van der Waals surface area contributed by atoms with Crippen LogP contribution in [-0.2, 0) is 42.7 Å². The summed E-state index contributed by atoms with van der Waals surface area (Å²) in [6.45, 7) is 20.7. The fourth-order valence-electron chi connectivity index (χ4n) is 7.90. The van der Waals surface area contributed by atoms with Crippen LogP contribution >= 0.6 is 0 Å². The lowest BCUT2D eigenvalue weighted by atomic mass is 9.82. The Morgan fingerprint density at radius 3 is 1.83 bits per heavy atom. The number of aliphatic hydroxyl groups is 5. The van der Waals surface area contributed by atoms with E-state index in [1.165, 1.54) is 14.0 Å². The van der Waals surface area contributed by atoms with Crippen molar-refractivity contribution in [1.82, 2.24) is 31.5 Å². The van der Waals surface area contributed by atoms with Gasteiger partial charge in [0.25, 0.3) is 5.91 Å². The average molecular weight is 1040 g/mol. The molecule has 1 saturated heterocycles. The third-order valence-electron chi connectivity index (χ3n) is 11.0. The van der Waals surface area contributed by atoms with Crippen molar-refractivity contribution in [2.75, 3.05) is 39.8 Å². The smallest absolute Gasteiger partial charge is 0.410 e. The van der Waals surface area contributed by atoms with E-state index in [0.29, 0.717) is 25.1 Å². The molecule has 1 aliphatic carbocycles. The summed E-state index contributed by atoms with van der Waals surface area (Å²) < 4.78 is 47.0. The van der Waals surface area contributed by atoms with Crippen molar-refractivity contribution in [3.05, 3.63) is 11.8 Å². The van der Waals surface area contributed by atoms with Gasteiger partial charge in [0.1, 0.15) is 64.3 Å². The van der Waals surface area contributed by atoms with Crippen molar-refractivity contribution >= 4 is 30.3 Å². The van der Waals surface area contributed by atoms with E-state index in [2.05, 4.69) is 26.6 Å². The molecule has 2 heterocycles. The van der Waals surface area contributed by atoms with Gasteiger partial charge < -0.3 is 101 Å². The van der Waals surface area contributed by atoms with E-state index in [0.717, 1.165) is 4.90 Å². The van der Waals surface area contributed by atoms with Crippen LogP contribution in [0, 0.1) is 0 Å². The Kier molecular flexibility index (Phi) is 22.2. The van der Waals surface area contributed by atoms with Crippen molar-refractivity contribution in [2.45, 2.75) is 217 Å². The molecule has 25 nitrogen and oxygen atoms in total. The van der Waals surface area contributed by atoms with E-state index in [9.17, 15) is 49.5 Å². The molecule has 12 N–H and O–H groups in total. The number of likely N-dealkylation sites (N-methyl/N-ethyl adjacent to an activating group) is 1. The van der Waals surface area contributed by atoms with Crippen molar-refractivity contribution in [3.63, 3.8) is 0 Å². The summed E-state index contributed by atoms with van der Waals surface area (Å²) in [6, 6.07) is -5.08. The van der Waals surface area contributed by atoms with Crippen LogP contribution in [-0.4, -0.2) is 202 Å². The minimum atomic E-state index is -1.92. The summed E-state index contributed by atoms with van der Waals surface area (Å²) in [4.78, 5) is 67.4. The number of rotatable bonds is 18. The molecule has 2 fully saturated rings. The summed E-state index contributed by atoms with van der Waals surface area (Å²) in [5.41, 5.74) is -0.109. The van der Waals surface area contributed by atoms with Crippen LogP contribution in [0.4, 0.5) is 19.2 Å². The molecular weight excluding hydrogens is 951 g/mol. The first-order chi connectivity index (χ1) is 33.0. The summed E-state index contributed by atoms with van der Waals surface area (Å²) in [5, 5.41) is 70.5. The molecular formula is C47H85N7O18. The van der Waals surface area contributed by atoms with Crippen LogP contribution in [0.25, 0.3) is 0 Å². The lowest BCUT2D eigenvalue weighted by Gasteiger charge is -2.50. The zero-order valence-electron chi connectivity index (χ0n) is 44.4. The van der Waals surface area contributed by atoms with Gasteiger partial charge in [-0.25, -0.2) is 19.2 Å². The number of carbonyl (C=O) groups excluding carboxylic acids is 5. The monoisotopic (exact) mass is 1040 g/mol. The molecule has 0 radical (unpaired) electrons. The molecule has 0 spiro atoms. The number of hydrogen-bond donors (Lipinski definition) is 11. The zero-order chi connectivity index (χ0) is 54.7. The number of aliphatic hydroxyl groups excluding tert-OH is 4. The minimum absolute atomic E-state index is 0.118. The predicted octanol–water partition coefficient (Wildman–Crippen LogP) is 0.702. The Bertz CT molecular complexity index is 1830. The maximum atomic E-state index is 13.8. The molecule has 2 aliphatic heterocycles. The van der Waals surface area contributed by atoms with Gasteiger partial charge >= 0.3 is 24.4 Å². The van der Waals surface area contributed by atoms with Gasteiger partial charge in [-0.2, -0.15) is 0 Å². The van der Waals surface area contributed by atoms with E-state index in [1.807, 2.05) is 0 Å². The molecule has 0 aromatic rings. The van der Waals surface area contributed by atoms with Gasteiger partial charge in [0.05, 0.1) is 50.0 Å². The van der Waals surface area contributed by atoms with E-state index in [4.69, 9.17) is 43.6 Å². The quantitative estimate of drug-likeness (QED) is 0.0665. The number of nitrogens with zero attached hydrogens (tertiary/aromatic N) is 1. The van der Waals surface area contributed by atoms with Crippen LogP contribution in [0.15, 0.2) is 11.8 Å². The number of nitrogens with two attached hydrogens (primary N) is 1. The van der Waals surface area contributed by atoms with Crippen LogP contribution in [0.1, 0.15) is 116 Å². The number of amides is 5. The standard InChI is InChI=1S/C47H85N7O18/c1-43(2,3)69-39(60)50-23-30(56)36(59)51-28-20-29(53-41(62)71-45(7,8)9)34(31(57)33(28)68-38-32(58)35(47(13,64)24-65-38)54(14)42(63)72-46(10,11)12)67-37-27(52-40(61)70-44(4,5)6)18-17-26(66-37)22-49-19-15-16-25(55)21-48/h17,25,27-35,37-38,49,55-58,64H,15-16,18-24,48H2,1-14H3,(H,50,60)(H,51,59)(H,52,61)(H,53,62)/t25?,27-,28-,29+,30+,31-,32-,33+,34-,35-,37-,38-,47+/m1/s1. The molecule has 3 rings (SSSR count). The maximum Gasteiger partial charge on any atom is 0.410 e. The highest BCUT2D eigenvalue weighted by Gasteiger charge is 2.55. The number of alkyl carbamates (subject to hydrolysis) is 3. The average Bonchev–Trinajstić information content (AvgIpc) is 3.21. The van der Waals surface area contributed by atoms with E-state index >= 15 is 0 Å². The van der Waals surface area contributed by atoms with E-state index in [1.54, 1.807) is 89.2 Å². The zero-order valence-corrected chi connectivity index (χ0v) is 44.4. The molecule has 25 heteroatoms. The third-order valence-corrected chi connectivity index (χ3v) is 11.0. The summed E-state index contributed by atoms with van der Waals surface area (Å²) in [6.07, 6.45) is -13.8. The van der Waals surface area contributed by atoms with E-state index < -0.39 is 145 Å². The number of nitrogens with one attached hydrogen (secondary N) is 5. The molecule has 13 atom stereocenters. The van der Waals surface area contributed by atoms with Gasteiger partial charge in [-0.15, -0.1) is 0 Å². The summed E-state index contributed by atoms with van der Waals surface area (Å²) in [5.74, 6) is -0.693. The van der Waals surface area contributed by atoms with Crippen molar-refractivity contribution in [2.24, 2.45) is 5.73 Å². The fourth-order valence-corrected chi connectivity index (χ4v) is 7.90. The number of ether oxygens (including phenoxy) is 8. The van der Waals surface area contributed by atoms with Crippen molar-refractivity contribution in [3.8, 4) is 0 Å². The molecule has 3 aliphatic rings. The van der Waals surface area contributed by atoms with Gasteiger partial charge in [-0.05, 0) is 128 Å². The van der Waals surface area contributed by atoms with Crippen LogP contribution in [0.3, 0.4) is 0 Å². The first kappa shape index (κ1) is 62.0. The minimum Gasteiger partial charge on any atom is -0.466 e. The highest BCUT2D eigenvalue weighted by Crippen LogP contribution is 2.35. The normalized spacial score (nSPS) is 29.0. The third kappa shape index (κ3) is 20.5. The van der Waals surface area contributed by atoms with Crippen molar-refractivity contribution < 1.29 is 87.4 Å². The topological polar surface area (TPSA) is 350 Å². The van der Waals surface area contributed by atoms with Crippen molar-refractivity contribution in [1.29, 1.82) is 0 Å². The SMILES string of the molecule is CN(C(=O)OC(C)(C)C)[C@@H]1[C@@H](O)[C@@H](O[C@@H]2[C@@H](O)[C@H](O[C@H]3OC(CNCCCC(O)CN)=CC[C@H]3NC(=O)OC(C)(C)C)[C@@H](NC(=O)OC(C)(C)C)C[C@H]2NC(=O)[C@@H](O)CNC(=O)OC(C)(C)C)OC[C@]1(C)O. The Morgan fingerprint density at radius 1 is 0.778 bits per heavy atom. The largest absolute Gasteiger partial charge is 0.466 e.